The largest absolute Gasteiger partial charge is 0.503 e. The Morgan fingerprint density at radius 3 is 2.33 bits per heavy atom. The Bertz CT molecular complexity index is 376. The van der Waals surface area contributed by atoms with Crippen molar-refractivity contribution in [3.63, 3.8) is 0 Å². The summed E-state index contributed by atoms with van der Waals surface area (Å²) in [6.07, 6.45) is 2.26. The number of hydrogen-bond acceptors (Lipinski definition) is 3. The van der Waals surface area contributed by atoms with Crippen LogP contribution in [0.2, 0.25) is 5.02 Å². The number of methoxy groups -OCH3 is 1. The van der Waals surface area contributed by atoms with Gasteiger partial charge in [0.05, 0.1) is 12.1 Å². The van der Waals surface area contributed by atoms with Crippen LogP contribution in [0, 0.1) is 0 Å². The Morgan fingerprint density at radius 2 is 1.83 bits per heavy atom. The van der Waals surface area contributed by atoms with E-state index in [4.69, 9.17) is 16.3 Å². The minimum atomic E-state index is 0.0143. The van der Waals surface area contributed by atoms with E-state index in [1.807, 2.05) is 6.07 Å². The van der Waals surface area contributed by atoms with Gasteiger partial charge >= 0.3 is 0 Å². The molecule has 0 aliphatic carbocycles. The SMILES string of the molecule is CCCN(CCC)Cc1cc(Cl)c(O)c(OC)c1. The van der Waals surface area contributed by atoms with Gasteiger partial charge in [-0.2, -0.15) is 0 Å². The minimum absolute atomic E-state index is 0.0143. The molecule has 102 valence electrons. The topological polar surface area (TPSA) is 32.7 Å². The van der Waals surface area contributed by atoms with Crippen LogP contribution in [-0.4, -0.2) is 30.2 Å². The van der Waals surface area contributed by atoms with Crippen molar-refractivity contribution in [3.05, 3.63) is 22.7 Å². The summed E-state index contributed by atoms with van der Waals surface area (Å²) in [5.74, 6) is 0.450. The van der Waals surface area contributed by atoms with Gasteiger partial charge in [-0.1, -0.05) is 25.4 Å². The molecule has 0 unspecified atom stereocenters. The molecule has 0 spiro atoms. The highest BCUT2D eigenvalue weighted by atomic mass is 35.5. The van der Waals surface area contributed by atoms with Gasteiger partial charge in [-0.05, 0) is 43.6 Å². The lowest BCUT2D eigenvalue weighted by molar-refractivity contribution is 0.266. The predicted molar refractivity (Wildman–Crippen MR) is 75.5 cm³/mol. The summed E-state index contributed by atoms with van der Waals surface area (Å²) in [6.45, 7) is 7.31. The molecule has 0 saturated carbocycles. The number of phenolic OH excluding ortho intramolecular Hbond substituents is 1. The molecule has 0 amide bonds. The van der Waals surface area contributed by atoms with E-state index in [1.165, 1.54) is 7.11 Å². The third-order valence-electron chi connectivity index (χ3n) is 2.79. The van der Waals surface area contributed by atoms with E-state index in [0.29, 0.717) is 10.8 Å². The molecule has 3 nitrogen and oxygen atoms in total. The molecule has 0 heterocycles. The summed E-state index contributed by atoms with van der Waals surface area (Å²) < 4.78 is 5.12. The molecule has 0 radical (unpaired) electrons. The highest BCUT2D eigenvalue weighted by Crippen LogP contribution is 2.35. The first-order valence-electron chi connectivity index (χ1n) is 6.40. The van der Waals surface area contributed by atoms with Crippen LogP contribution in [0.15, 0.2) is 12.1 Å². The summed E-state index contributed by atoms with van der Waals surface area (Å²) >= 11 is 5.99. The number of hydrogen-bond donors (Lipinski definition) is 1. The molecular formula is C14H22ClNO2. The average Bonchev–Trinajstić information content (AvgIpc) is 2.34. The van der Waals surface area contributed by atoms with Crippen molar-refractivity contribution in [2.24, 2.45) is 0 Å². The van der Waals surface area contributed by atoms with E-state index in [2.05, 4.69) is 18.7 Å². The van der Waals surface area contributed by atoms with Gasteiger partial charge in [-0.25, -0.2) is 0 Å². The molecule has 0 atom stereocenters. The maximum Gasteiger partial charge on any atom is 0.176 e. The summed E-state index contributed by atoms with van der Waals surface area (Å²) in [4.78, 5) is 2.38. The van der Waals surface area contributed by atoms with Gasteiger partial charge in [0.25, 0.3) is 0 Å². The first-order valence-corrected chi connectivity index (χ1v) is 6.77. The number of benzene rings is 1. The molecule has 1 rings (SSSR count). The number of ether oxygens (including phenoxy) is 1. The first-order chi connectivity index (χ1) is 8.62. The lowest BCUT2D eigenvalue weighted by Crippen LogP contribution is -2.24. The van der Waals surface area contributed by atoms with Gasteiger partial charge in [-0.15, -0.1) is 0 Å². The Balaban J connectivity index is 2.85. The van der Waals surface area contributed by atoms with Gasteiger partial charge in [0.1, 0.15) is 0 Å². The van der Waals surface area contributed by atoms with Crippen LogP contribution in [0.3, 0.4) is 0 Å². The zero-order valence-electron chi connectivity index (χ0n) is 11.4. The Kier molecular flexibility index (Phi) is 6.30. The van der Waals surface area contributed by atoms with Crippen molar-refractivity contribution in [3.8, 4) is 11.5 Å². The van der Waals surface area contributed by atoms with Crippen LogP contribution in [-0.2, 0) is 6.54 Å². The molecule has 0 aliphatic rings. The maximum atomic E-state index is 9.69. The molecule has 1 aromatic carbocycles. The van der Waals surface area contributed by atoms with E-state index in [9.17, 15) is 5.11 Å². The molecule has 1 N–H and O–H groups in total. The van der Waals surface area contributed by atoms with Gasteiger partial charge in [-0.3, -0.25) is 4.90 Å². The Hall–Kier alpha value is -0.930. The zero-order chi connectivity index (χ0) is 13.5. The fourth-order valence-corrected chi connectivity index (χ4v) is 2.27. The molecule has 0 aromatic heterocycles. The van der Waals surface area contributed by atoms with Crippen molar-refractivity contribution in [2.75, 3.05) is 20.2 Å². The smallest absolute Gasteiger partial charge is 0.176 e. The maximum absolute atomic E-state index is 9.69. The van der Waals surface area contributed by atoms with Gasteiger partial charge < -0.3 is 9.84 Å². The predicted octanol–water partition coefficient (Wildman–Crippen LogP) is 3.68. The highest BCUT2D eigenvalue weighted by molar-refractivity contribution is 6.32. The van der Waals surface area contributed by atoms with Crippen molar-refractivity contribution in [1.29, 1.82) is 0 Å². The van der Waals surface area contributed by atoms with Crippen LogP contribution >= 0.6 is 11.6 Å². The Labute approximate surface area is 114 Å². The number of aromatic hydroxyl groups is 1. The second-order valence-electron chi connectivity index (χ2n) is 4.40. The van der Waals surface area contributed by atoms with Crippen LogP contribution in [0.1, 0.15) is 32.3 Å². The second kappa shape index (κ2) is 7.49. The number of rotatable bonds is 7. The fourth-order valence-electron chi connectivity index (χ4n) is 2.03. The number of phenols is 1. The lowest BCUT2D eigenvalue weighted by Gasteiger charge is -2.21. The third-order valence-corrected chi connectivity index (χ3v) is 3.08. The summed E-state index contributed by atoms with van der Waals surface area (Å²) in [5.41, 5.74) is 1.07. The van der Waals surface area contributed by atoms with E-state index in [0.717, 1.165) is 38.0 Å². The molecule has 4 heteroatoms. The van der Waals surface area contributed by atoms with Crippen molar-refractivity contribution < 1.29 is 9.84 Å². The quantitative estimate of drug-likeness (QED) is 0.821. The first kappa shape index (κ1) is 15.1. The Morgan fingerprint density at radius 1 is 1.22 bits per heavy atom. The van der Waals surface area contributed by atoms with Crippen molar-refractivity contribution in [2.45, 2.75) is 33.2 Å². The normalized spacial score (nSPS) is 10.9. The van der Waals surface area contributed by atoms with Crippen LogP contribution in [0.25, 0.3) is 0 Å². The van der Waals surface area contributed by atoms with Crippen LogP contribution in [0.5, 0.6) is 11.5 Å². The minimum Gasteiger partial charge on any atom is -0.503 e. The second-order valence-corrected chi connectivity index (χ2v) is 4.81. The summed E-state index contributed by atoms with van der Waals surface area (Å²) in [5, 5.41) is 10.0. The molecule has 1 aromatic rings. The molecule has 18 heavy (non-hydrogen) atoms. The van der Waals surface area contributed by atoms with Crippen molar-refractivity contribution in [1.82, 2.24) is 4.90 Å². The number of halogens is 1. The molecular weight excluding hydrogens is 250 g/mol. The number of nitrogens with zero attached hydrogens (tertiary/aromatic N) is 1. The highest BCUT2D eigenvalue weighted by Gasteiger charge is 2.11. The average molecular weight is 272 g/mol. The van der Waals surface area contributed by atoms with E-state index >= 15 is 0 Å². The summed E-state index contributed by atoms with van der Waals surface area (Å²) in [6, 6.07) is 3.65. The van der Waals surface area contributed by atoms with Gasteiger partial charge in [0, 0.05) is 6.54 Å². The lowest BCUT2D eigenvalue weighted by atomic mass is 10.1. The van der Waals surface area contributed by atoms with E-state index < -0.39 is 0 Å². The fraction of sp³-hybridized carbons (Fsp3) is 0.571. The van der Waals surface area contributed by atoms with Crippen LogP contribution in [0.4, 0.5) is 0 Å². The van der Waals surface area contributed by atoms with E-state index in [-0.39, 0.29) is 5.75 Å². The van der Waals surface area contributed by atoms with E-state index in [1.54, 1.807) is 6.07 Å². The molecule has 0 fully saturated rings. The molecule has 0 aliphatic heterocycles. The van der Waals surface area contributed by atoms with Crippen LogP contribution < -0.4 is 4.74 Å². The standard InChI is InChI=1S/C14H22ClNO2/c1-4-6-16(7-5-2)10-11-8-12(15)14(17)13(9-11)18-3/h8-9,17H,4-7,10H2,1-3H3. The van der Waals surface area contributed by atoms with Gasteiger partial charge in [0.2, 0.25) is 0 Å². The van der Waals surface area contributed by atoms with Crippen molar-refractivity contribution >= 4 is 11.6 Å². The molecule has 0 bridgehead atoms. The molecule has 0 saturated heterocycles. The van der Waals surface area contributed by atoms with Gasteiger partial charge in [0.15, 0.2) is 11.5 Å². The monoisotopic (exact) mass is 271 g/mol. The third kappa shape index (κ3) is 4.07. The summed E-state index contributed by atoms with van der Waals surface area (Å²) in [7, 11) is 1.53. The zero-order valence-corrected chi connectivity index (χ0v) is 12.1.